The molecule has 0 aliphatic carbocycles. The van der Waals surface area contributed by atoms with Crippen LogP contribution in [0.1, 0.15) is 34.5 Å². The molecule has 102 valence electrons. The average Bonchev–Trinajstić information content (AvgIpc) is 2.96. The van der Waals surface area contributed by atoms with E-state index in [1.165, 1.54) is 11.3 Å². The van der Waals surface area contributed by atoms with Crippen LogP contribution in [-0.2, 0) is 13.0 Å². The Hall–Kier alpha value is -1.69. The van der Waals surface area contributed by atoms with Crippen molar-refractivity contribution < 1.29 is 9.53 Å². The van der Waals surface area contributed by atoms with Gasteiger partial charge in [-0.1, -0.05) is 6.92 Å². The normalized spacial score (nSPS) is 10.7. The minimum atomic E-state index is -0.00264. The number of Topliss-reactive ketones (excluding diaryl/α,β-unsaturated/α-hetero) is 1. The molecule has 2 aromatic heterocycles. The Morgan fingerprint density at radius 3 is 2.89 bits per heavy atom. The highest BCUT2D eigenvalue weighted by molar-refractivity contribution is 7.09. The van der Waals surface area contributed by atoms with Gasteiger partial charge in [0.1, 0.15) is 10.7 Å². The predicted octanol–water partition coefficient (Wildman–Crippen LogP) is 2.49. The number of carbonyl (C=O) groups is 1. The summed E-state index contributed by atoms with van der Waals surface area (Å²) in [7, 11) is 1.55. The number of methoxy groups -OCH3 is 1. The molecule has 2 aromatic rings. The summed E-state index contributed by atoms with van der Waals surface area (Å²) in [5, 5.41) is 6.97. The molecule has 0 unspecified atom stereocenters. The first-order valence-corrected chi connectivity index (χ1v) is 7.07. The lowest BCUT2D eigenvalue weighted by Gasteiger charge is -2.06. The van der Waals surface area contributed by atoms with Crippen molar-refractivity contribution in [3.63, 3.8) is 0 Å². The van der Waals surface area contributed by atoms with Gasteiger partial charge < -0.3 is 4.74 Å². The van der Waals surface area contributed by atoms with Crippen LogP contribution in [0.3, 0.4) is 0 Å². The van der Waals surface area contributed by atoms with E-state index in [4.69, 9.17) is 4.74 Å². The van der Waals surface area contributed by atoms with Crippen molar-refractivity contribution in [2.24, 2.45) is 0 Å². The van der Waals surface area contributed by atoms with E-state index in [1.807, 2.05) is 19.2 Å². The molecule has 0 saturated carbocycles. The van der Waals surface area contributed by atoms with Crippen LogP contribution in [0.15, 0.2) is 11.6 Å². The molecule has 0 aromatic carbocycles. The van der Waals surface area contributed by atoms with Gasteiger partial charge in [0.25, 0.3) is 0 Å². The van der Waals surface area contributed by atoms with E-state index in [-0.39, 0.29) is 5.78 Å². The number of aromatic nitrogens is 3. The summed E-state index contributed by atoms with van der Waals surface area (Å²) in [5.41, 5.74) is 1.49. The number of aryl methyl sites for hydroxylation is 2. The number of hydrogen-bond donors (Lipinski definition) is 0. The molecular weight excluding hydrogens is 262 g/mol. The van der Waals surface area contributed by atoms with Gasteiger partial charge in [0.2, 0.25) is 0 Å². The van der Waals surface area contributed by atoms with Crippen molar-refractivity contribution in [2.75, 3.05) is 7.11 Å². The van der Waals surface area contributed by atoms with E-state index in [0.717, 1.165) is 17.1 Å². The highest BCUT2D eigenvalue weighted by atomic mass is 32.1. The molecule has 0 bridgehead atoms. The largest absolute Gasteiger partial charge is 0.493 e. The number of rotatable bonds is 6. The highest BCUT2D eigenvalue weighted by Gasteiger charge is 2.20. The molecule has 6 heteroatoms. The number of nitrogens with zero attached hydrogens (tertiary/aromatic N) is 3. The van der Waals surface area contributed by atoms with Crippen LogP contribution in [0.5, 0.6) is 5.75 Å². The lowest BCUT2D eigenvalue weighted by atomic mass is 10.2. The number of thiazole rings is 1. The van der Waals surface area contributed by atoms with Gasteiger partial charge in [0.15, 0.2) is 11.5 Å². The third-order valence-corrected chi connectivity index (χ3v) is 3.67. The zero-order chi connectivity index (χ0) is 13.8. The van der Waals surface area contributed by atoms with Crippen LogP contribution >= 0.6 is 11.3 Å². The number of hydrogen-bond acceptors (Lipinski definition) is 5. The third-order valence-electron chi connectivity index (χ3n) is 2.70. The van der Waals surface area contributed by atoms with Crippen molar-refractivity contribution in [2.45, 2.75) is 33.2 Å². The van der Waals surface area contributed by atoms with Crippen LogP contribution in [0.2, 0.25) is 0 Å². The van der Waals surface area contributed by atoms with Gasteiger partial charge in [-0.3, -0.25) is 9.48 Å². The van der Waals surface area contributed by atoms with Crippen molar-refractivity contribution >= 4 is 17.1 Å². The fourth-order valence-corrected chi connectivity index (χ4v) is 2.66. The Morgan fingerprint density at radius 1 is 1.53 bits per heavy atom. The second kappa shape index (κ2) is 5.97. The summed E-state index contributed by atoms with van der Waals surface area (Å²) in [6.07, 6.45) is 2.81. The summed E-state index contributed by atoms with van der Waals surface area (Å²) in [5.74, 6) is 0.531. The summed E-state index contributed by atoms with van der Waals surface area (Å²) < 4.78 is 6.93. The van der Waals surface area contributed by atoms with Crippen LogP contribution in [0.25, 0.3) is 0 Å². The molecule has 0 saturated heterocycles. The molecule has 0 fully saturated rings. The first-order valence-electron chi connectivity index (χ1n) is 6.19. The molecule has 0 aliphatic heterocycles. The first kappa shape index (κ1) is 13.7. The molecule has 0 N–H and O–H groups in total. The quantitative estimate of drug-likeness (QED) is 0.762. The molecule has 0 aliphatic rings. The highest BCUT2D eigenvalue weighted by Crippen LogP contribution is 2.21. The number of ketones is 1. The van der Waals surface area contributed by atoms with Crippen molar-refractivity contribution in [1.82, 2.24) is 14.8 Å². The molecule has 2 rings (SSSR count). The molecule has 0 spiro atoms. The average molecular weight is 279 g/mol. The third kappa shape index (κ3) is 3.01. The maximum absolute atomic E-state index is 12.4. The van der Waals surface area contributed by atoms with Gasteiger partial charge in [0.05, 0.1) is 19.7 Å². The Kier molecular flexibility index (Phi) is 4.31. The fourth-order valence-electron chi connectivity index (χ4n) is 1.89. The smallest absolute Gasteiger partial charge is 0.191 e. The second-order valence-electron chi connectivity index (χ2n) is 4.27. The lowest BCUT2D eigenvalue weighted by molar-refractivity contribution is 0.0979. The Morgan fingerprint density at radius 2 is 2.32 bits per heavy atom. The van der Waals surface area contributed by atoms with Crippen LogP contribution in [0.4, 0.5) is 0 Å². The molecule has 5 nitrogen and oxygen atoms in total. The van der Waals surface area contributed by atoms with Crippen molar-refractivity contribution in [3.8, 4) is 5.75 Å². The van der Waals surface area contributed by atoms with Gasteiger partial charge in [-0.25, -0.2) is 4.98 Å². The summed E-state index contributed by atoms with van der Waals surface area (Å²) in [6, 6.07) is 0. The maximum atomic E-state index is 12.4. The van der Waals surface area contributed by atoms with Crippen LogP contribution in [-0.4, -0.2) is 27.7 Å². The van der Waals surface area contributed by atoms with E-state index in [2.05, 4.69) is 10.1 Å². The lowest BCUT2D eigenvalue weighted by Crippen LogP contribution is -2.13. The Labute approximate surface area is 116 Å². The monoisotopic (exact) mass is 279 g/mol. The van der Waals surface area contributed by atoms with Gasteiger partial charge >= 0.3 is 0 Å². The number of carbonyl (C=O) groups excluding carboxylic acids is 1. The second-order valence-corrected chi connectivity index (χ2v) is 5.21. The van der Waals surface area contributed by atoms with E-state index < -0.39 is 0 Å². The topological polar surface area (TPSA) is 57.0 Å². The SMILES string of the molecule is CCCn1ncc(OC)c1C(=O)Cc1nc(C)cs1. The van der Waals surface area contributed by atoms with E-state index in [0.29, 0.717) is 24.4 Å². The standard InChI is InChI=1S/C13H17N3O2S/c1-4-5-16-13(11(18-3)7-14-16)10(17)6-12-15-9(2)8-19-12/h7-8H,4-6H2,1-3H3. The van der Waals surface area contributed by atoms with Crippen molar-refractivity contribution in [3.05, 3.63) is 28.0 Å². The van der Waals surface area contributed by atoms with E-state index >= 15 is 0 Å². The predicted molar refractivity (Wildman–Crippen MR) is 74.0 cm³/mol. The van der Waals surface area contributed by atoms with Gasteiger partial charge in [-0.2, -0.15) is 5.10 Å². The Balaban J connectivity index is 2.24. The molecule has 0 radical (unpaired) electrons. The van der Waals surface area contributed by atoms with E-state index in [9.17, 15) is 4.79 Å². The molecular formula is C13H17N3O2S. The van der Waals surface area contributed by atoms with Gasteiger partial charge in [-0.15, -0.1) is 11.3 Å². The zero-order valence-electron chi connectivity index (χ0n) is 11.3. The minimum absolute atomic E-state index is 0.00264. The summed E-state index contributed by atoms with van der Waals surface area (Å²) in [6.45, 7) is 4.68. The van der Waals surface area contributed by atoms with E-state index in [1.54, 1.807) is 18.0 Å². The first-order chi connectivity index (χ1) is 9.15. The summed E-state index contributed by atoms with van der Waals surface area (Å²) >= 11 is 1.51. The molecule has 0 amide bonds. The minimum Gasteiger partial charge on any atom is -0.493 e. The zero-order valence-corrected chi connectivity index (χ0v) is 12.2. The fraction of sp³-hybridized carbons (Fsp3) is 0.462. The van der Waals surface area contributed by atoms with Crippen LogP contribution < -0.4 is 4.74 Å². The summed E-state index contributed by atoms with van der Waals surface area (Å²) in [4.78, 5) is 16.7. The van der Waals surface area contributed by atoms with Gasteiger partial charge in [-0.05, 0) is 13.3 Å². The molecule has 19 heavy (non-hydrogen) atoms. The van der Waals surface area contributed by atoms with Gasteiger partial charge in [0, 0.05) is 17.6 Å². The van der Waals surface area contributed by atoms with Crippen molar-refractivity contribution in [1.29, 1.82) is 0 Å². The van der Waals surface area contributed by atoms with Crippen LogP contribution in [0, 0.1) is 6.92 Å². The number of ether oxygens (including phenoxy) is 1. The Bertz CT molecular complexity index is 574. The molecule has 2 heterocycles. The molecule has 0 atom stereocenters. The maximum Gasteiger partial charge on any atom is 0.191 e.